The minimum atomic E-state index is -0.409. The molecule has 0 spiro atoms. The van der Waals surface area contributed by atoms with Crippen LogP contribution in [0.5, 0.6) is 0 Å². The van der Waals surface area contributed by atoms with E-state index in [9.17, 15) is 4.79 Å². The molecular weight excluding hydrogens is 316 g/mol. The summed E-state index contributed by atoms with van der Waals surface area (Å²) >= 11 is 0. The topological polar surface area (TPSA) is 85.2 Å². The van der Waals surface area contributed by atoms with E-state index in [0.29, 0.717) is 24.7 Å². The van der Waals surface area contributed by atoms with Gasteiger partial charge in [0.15, 0.2) is 5.82 Å². The van der Waals surface area contributed by atoms with Crippen LogP contribution in [0.25, 0.3) is 0 Å². The van der Waals surface area contributed by atoms with Crippen LogP contribution in [0.1, 0.15) is 75.9 Å². The van der Waals surface area contributed by atoms with Crippen LogP contribution >= 0.6 is 12.4 Å². The quantitative estimate of drug-likeness (QED) is 0.909. The van der Waals surface area contributed by atoms with Crippen LogP contribution in [0.2, 0.25) is 0 Å². The molecule has 1 saturated heterocycles. The van der Waals surface area contributed by atoms with Gasteiger partial charge in [-0.05, 0) is 32.1 Å². The van der Waals surface area contributed by atoms with Gasteiger partial charge in [0.2, 0.25) is 11.8 Å². The second-order valence-corrected chi connectivity index (χ2v) is 6.75. The lowest BCUT2D eigenvalue weighted by Crippen LogP contribution is -2.39. The van der Waals surface area contributed by atoms with Gasteiger partial charge >= 0.3 is 0 Å². The molecule has 1 aliphatic heterocycles. The Morgan fingerprint density at radius 3 is 2.83 bits per heavy atom. The maximum atomic E-state index is 12.1. The van der Waals surface area contributed by atoms with E-state index in [4.69, 9.17) is 10.3 Å². The van der Waals surface area contributed by atoms with Gasteiger partial charge in [-0.3, -0.25) is 4.79 Å². The van der Waals surface area contributed by atoms with Crippen molar-refractivity contribution in [2.45, 2.75) is 69.7 Å². The predicted octanol–water partition coefficient (Wildman–Crippen LogP) is 2.73. The Kier molecular flexibility index (Phi) is 6.03. The van der Waals surface area contributed by atoms with E-state index in [1.54, 1.807) is 0 Å². The molecule has 3 rings (SSSR count). The third-order valence-corrected chi connectivity index (χ3v) is 4.97. The summed E-state index contributed by atoms with van der Waals surface area (Å²) in [6.07, 6.45) is 7.61. The Labute approximate surface area is 143 Å². The normalized spacial score (nSPS) is 23.6. The van der Waals surface area contributed by atoms with Crippen molar-refractivity contribution in [3.63, 3.8) is 0 Å². The standard InChI is InChI=1S/C16H26N4O2.ClH/c1-2-6-13(21)20-10-5-7-12(11-20)14-18-15(19-22-14)16(17)8-3-4-9-16;/h12H,2-11,17H2,1H3;1H. The third kappa shape index (κ3) is 3.86. The Hall–Kier alpha value is -1.14. The lowest BCUT2D eigenvalue weighted by molar-refractivity contribution is -0.132. The third-order valence-electron chi connectivity index (χ3n) is 4.97. The summed E-state index contributed by atoms with van der Waals surface area (Å²) in [5.74, 6) is 1.69. The minimum absolute atomic E-state index is 0. The molecule has 6 nitrogen and oxygen atoms in total. The number of carbonyl (C=O) groups excluding carboxylic acids is 1. The maximum absolute atomic E-state index is 12.1. The van der Waals surface area contributed by atoms with E-state index in [1.165, 1.54) is 0 Å². The van der Waals surface area contributed by atoms with Gasteiger partial charge in [0.25, 0.3) is 0 Å². The van der Waals surface area contributed by atoms with Crippen LogP contribution in [0.3, 0.4) is 0 Å². The van der Waals surface area contributed by atoms with Crippen molar-refractivity contribution in [2.75, 3.05) is 13.1 Å². The van der Waals surface area contributed by atoms with Crippen molar-refractivity contribution in [1.29, 1.82) is 0 Å². The van der Waals surface area contributed by atoms with Crippen LogP contribution in [0.4, 0.5) is 0 Å². The molecule has 1 aliphatic carbocycles. The summed E-state index contributed by atoms with van der Waals surface area (Å²) in [6.45, 7) is 3.57. The monoisotopic (exact) mass is 342 g/mol. The molecule has 2 heterocycles. The number of likely N-dealkylation sites (tertiary alicyclic amines) is 1. The molecule has 0 aromatic carbocycles. The predicted molar refractivity (Wildman–Crippen MR) is 89.3 cm³/mol. The molecule has 1 unspecified atom stereocenters. The highest BCUT2D eigenvalue weighted by Gasteiger charge is 2.37. The summed E-state index contributed by atoms with van der Waals surface area (Å²) in [4.78, 5) is 18.6. The van der Waals surface area contributed by atoms with Gasteiger partial charge in [0.1, 0.15) is 0 Å². The van der Waals surface area contributed by atoms with Crippen LogP contribution in [0, 0.1) is 0 Å². The summed E-state index contributed by atoms with van der Waals surface area (Å²) in [5.41, 5.74) is 5.98. The van der Waals surface area contributed by atoms with Crippen molar-refractivity contribution < 1.29 is 9.32 Å². The first-order valence-corrected chi connectivity index (χ1v) is 8.53. The summed E-state index contributed by atoms with van der Waals surface area (Å²) < 4.78 is 5.49. The first-order valence-electron chi connectivity index (χ1n) is 8.53. The van der Waals surface area contributed by atoms with E-state index >= 15 is 0 Å². The van der Waals surface area contributed by atoms with Gasteiger partial charge in [0, 0.05) is 19.5 Å². The average molecular weight is 343 g/mol. The second-order valence-electron chi connectivity index (χ2n) is 6.75. The van der Waals surface area contributed by atoms with E-state index in [0.717, 1.165) is 51.5 Å². The highest BCUT2D eigenvalue weighted by atomic mass is 35.5. The smallest absolute Gasteiger partial charge is 0.231 e. The van der Waals surface area contributed by atoms with Crippen molar-refractivity contribution in [3.05, 3.63) is 11.7 Å². The first kappa shape index (κ1) is 18.2. The Balaban J connectivity index is 0.00000192. The zero-order valence-corrected chi connectivity index (χ0v) is 14.6. The van der Waals surface area contributed by atoms with Crippen LogP contribution in [-0.4, -0.2) is 34.0 Å². The van der Waals surface area contributed by atoms with Gasteiger partial charge in [-0.1, -0.05) is 24.9 Å². The number of aromatic nitrogens is 2. The largest absolute Gasteiger partial charge is 0.342 e. The summed E-state index contributed by atoms with van der Waals surface area (Å²) in [6, 6.07) is 0. The number of rotatable bonds is 4. The zero-order valence-electron chi connectivity index (χ0n) is 13.8. The Bertz CT molecular complexity index is 528. The molecule has 7 heteroatoms. The number of nitrogens with zero attached hydrogens (tertiary/aromatic N) is 3. The van der Waals surface area contributed by atoms with E-state index < -0.39 is 5.54 Å². The molecule has 1 aromatic heterocycles. The van der Waals surface area contributed by atoms with Crippen LogP contribution in [-0.2, 0) is 10.3 Å². The molecule has 2 aliphatic rings. The molecular formula is C16H27ClN4O2. The Morgan fingerprint density at radius 1 is 1.39 bits per heavy atom. The number of hydrogen-bond donors (Lipinski definition) is 1. The summed E-state index contributed by atoms with van der Waals surface area (Å²) in [5, 5.41) is 4.14. The van der Waals surface area contributed by atoms with Crippen molar-refractivity contribution >= 4 is 18.3 Å². The van der Waals surface area contributed by atoms with E-state index in [1.807, 2.05) is 11.8 Å². The van der Waals surface area contributed by atoms with Crippen LogP contribution in [0.15, 0.2) is 4.52 Å². The van der Waals surface area contributed by atoms with E-state index in [2.05, 4.69) is 10.1 Å². The lowest BCUT2D eigenvalue weighted by Gasteiger charge is -2.31. The SMILES string of the molecule is CCCC(=O)N1CCCC(c2nc(C3(N)CCCC3)no2)C1.Cl. The number of hydrogen-bond acceptors (Lipinski definition) is 5. The van der Waals surface area contributed by atoms with Crippen molar-refractivity contribution in [2.24, 2.45) is 5.73 Å². The number of amides is 1. The fraction of sp³-hybridized carbons (Fsp3) is 0.812. The molecule has 1 aromatic rings. The fourth-order valence-electron chi connectivity index (χ4n) is 3.61. The zero-order chi connectivity index (χ0) is 15.6. The van der Waals surface area contributed by atoms with Gasteiger partial charge in [-0.2, -0.15) is 4.98 Å². The molecule has 1 atom stereocenters. The molecule has 0 radical (unpaired) electrons. The minimum Gasteiger partial charge on any atom is -0.342 e. The molecule has 2 N–H and O–H groups in total. The molecule has 1 amide bonds. The first-order chi connectivity index (χ1) is 10.6. The number of piperidine rings is 1. The van der Waals surface area contributed by atoms with Crippen molar-refractivity contribution in [3.8, 4) is 0 Å². The van der Waals surface area contributed by atoms with Gasteiger partial charge in [-0.25, -0.2) is 0 Å². The summed E-state index contributed by atoms with van der Waals surface area (Å²) in [7, 11) is 0. The molecule has 2 fully saturated rings. The van der Waals surface area contributed by atoms with Crippen LogP contribution < -0.4 is 5.73 Å². The number of nitrogens with two attached hydrogens (primary N) is 1. The number of carbonyl (C=O) groups is 1. The maximum Gasteiger partial charge on any atom is 0.231 e. The van der Waals surface area contributed by atoms with E-state index in [-0.39, 0.29) is 24.2 Å². The van der Waals surface area contributed by atoms with Gasteiger partial charge in [0.05, 0.1) is 11.5 Å². The molecule has 1 saturated carbocycles. The van der Waals surface area contributed by atoms with Crippen molar-refractivity contribution in [1.82, 2.24) is 15.0 Å². The highest BCUT2D eigenvalue weighted by molar-refractivity contribution is 5.85. The lowest BCUT2D eigenvalue weighted by atomic mass is 9.96. The second kappa shape index (κ2) is 7.62. The molecule has 130 valence electrons. The van der Waals surface area contributed by atoms with Gasteiger partial charge < -0.3 is 15.2 Å². The average Bonchev–Trinajstić information content (AvgIpc) is 3.17. The molecule has 23 heavy (non-hydrogen) atoms. The molecule has 0 bridgehead atoms. The number of halogens is 1. The highest BCUT2D eigenvalue weighted by Crippen LogP contribution is 2.35. The van der Waals surface area contributed by atoms with Gasteiger partial charge in [-0.15, -0.1) is 12.4 Å². The Morgan fingerprint density at radius 2 is 2.13 bits per heavy atom. The fourth-order valence-corrected chi connectivity index (χ4v) is 3.61.